The van der Waals surface area contributed by atoms with Crippen LogP contribution in [0.1, 0.15) is 31.9 Å². The van der Waals surface area contributed by atoms with Crippen molar-refractivity contribution < 1.29 is 14.6 Å². The molecule has 0 fully saturated rings. The van der Waals surface area contributed by atoms with Gasteiger partial charge in [0.1, 0.15) is 5.60 Å². The Labute approximate surface area is 167 Å². The van der Waals surface area contributed by atoms with E-state index in [1.165, 1.54) is 5.01 Å². The summed E-state index contributed by atoms with van der Waals surface area (Å²) in [4.78, 5) is 12.6. The topological polar surface area (TPSA) is 87.8 Å². The monoisotopic (exact) mass is 385 g/mol. The second-order valence-corrected chi connectivity index (χ2v) is 7.83. The summed E-state index contributed by atoms with van der Waals surface area (Å²) < 4.78 is 5.46. The Balaban J connectivity index is 2.01. The number of nitrogens with two attached hydrogens (primary N) is 1. The number of rotatable bonds is 8. The van der Waals surface area contributed by atoms with Crippen molar-refractivity contribution in [1.82, 2.24) is 10.4 Å². The van der Waals surface area contributed by atoms with Gasteiger partial charge in [-0.25, -0.2) is 15.2 Å². The predicted molar refractivity (Wildman–Crippen MR) is 110 cm³/mol. The highest BCUT2D eigenvalue weighted by Gasteiger charge is 2.26. The first kappa shape index (κ1) is 21.9. The molecule has 4 N–H and O–H groups in total. The zero-order valence-electron chi connectivity index (χ0n) is 16.8. The maximum atomic E-state index is 12.6. The van der Waals surface area contributed by atoms with Gasteiger partial charge in [0.15, 0.2) is 0 Å². The minimum atomic E-state index is -0.906. The predicted octanol–water partition coefficient (Wildman–Crippen LogP) is 2.86. The molecule has 2 atom stereocenters. The standard InChI is InChI=1S/C22H31N3O3/c1-22(2,3)28-21(27)25(24-15-18-12-8-5-9-13-18)16-20(26)19(23)14-17-10-6-4-7-11-17/h4-13,19-20,24,26H,14-16,23H2,1-3H3/t19-,20-/m0/s1. The first-order chi connectivity index (χ1) is 13.2. The molecular weight excluding hydrogens is 354 g/mol. The minimum absolute atomic E-state index is 0.0236. The lowest BCUT2D eigenvalue weighted by Gasteiger charge is -2.30. The first-order valence-corrected chi connectivity index (χ1v) is 9.50. The quantitative estimate of drug-likeness (QED) is 0.608. The normalized spacial score (nSPS) is 13.6. The summed E-state index contributed by atoms with van der Waals surface area (Å²) in [5, 5.41) is 11.9. The number of aliphatic hydroxyl groups is 1. The molecule has 0 aliphatic heterocycles. The van der Waals surface area contributed by atoms with Gasteiger partial charge in [-0.15, -0.1) is 0 Å². The van der Waals surface area contributed by atoms with E-state index in [9.17, 15) is 9.90 Å². The fourth-order valence-corrected chi connectivity index (χ4v) is 2.65. The van der Waals surface area contributed by atoms with Crippen molar-refractivity contribution in [3.05, 3.63) is 71.8 Å². The van der Waals surface area contributed by atoms with Gasteiger partial charge in [0, 0.05) is 12.6 Å². The number of hydrazine groups is 1. The number of nitrogens with one attached hydrogen (secondary N) is 1. The van der Waals surface area contributed by atoms with Gasteiger partial charge in [0.25, 0.3) is 0 Å². The smallest absolute Gasteiger partial charge is 0.424 e. The highest BCUT2D eigenvalue weighted by atomic mass is 16.6. The van der Waals surface area contributed by atoms with Crippen LogP contribution in [0.5, 0.6) is 0 Å². The lowest BCUT2D eigenvalue weighted by atomic mass is 10.0. The summed E-state index contributed by atoms with van der Waals surface area (Å²) in [5.41, 5.74) is 10.6. The van der Waals surface area contributed by atoms with E-state index in [-0.39, 0.29) is 6.54 Å². The van der Waals surface area contributed by atoms with Crippen LogP contribution in [0.3, 0.4) is 0 Å². The van der Waals surface area contributed by atoms with Gasteiger partial charge >= 0.3 is 6.09 Å². The number of amides is 1. The number of ether oxygens (including phenoxy) is 1. The second-order valence-electron chi connectivity index (χ2n) is 7.83. The Morgan fingerprint density at radius 2 is 1.61 bits per heavy atom. The molecule has 0 heterocycles. The summed E-state index contributed by atoms with van der Waals surface area (Å²) in [5.74, 6) is 0. The van der Waals surface area contributed by atoms with E-state index < -0.39 is 23.8 Å². The van der Waals surface area contributed by atoms with Crippen molar-refractivity contribution in [3.63, 3.8) is 0 Å². The number of carbonyl (C=O) groups excluding carboxylic acids is 1. The Morgan fingerprint density at radius 3 is 2.14 bits per heavy atom. The largest absolute Gasteiger partial charge is 0.443 e. The van der Waals surface area contributed by atoms with E-state index in [0.717, 1.165) is 11.1 Å². The fraction of sp³-hybridized carbons (Fsp3) is 0.409. The average Bonchev–Trinajstić information content (AvgIpc) is 2.65. The maximum absolute atomic E-state index is 12.6. The summed E-state index contributed by atoms with van der Waals surface area (Å²) in [7, 11) is 0. The zero-order chi connectivity index (χ0) is 20.6. The molecule has 0 saturated heterocycles. The molecule has 0 unspecified atom stereocenters. The Hall–Kier alpha value is -2.41. The van der Waals surface area contributed by atoms with Crippen LogP contribution < -0.4 is 11.2 Å². The molecule has 0 radical (unpaired) electrons. The van der Waals surface area contributed by atoms with Crippen LogP contribution >= 0.6 is 0 Å². The van der Waals surface area contributed by atoms with E-state index in [1.54, 1.807) is 20.8 Å². The SMILES string of the molecule is CC(C)(C)OC(=O)N(C[C@H](O)[C@@H](N)Cc1ccccc1)NCc1ccccc1. The van der Waals surface area contributed by atoms with E-state index in [1.807, 2.05) is 60.7 Å². The van der Waals surface area contributed by atoms with Gasteiger partial charge in [-0.05, 0) is 38.3 Å². The van der Waals surface area contributed by atoms with Gasteiger partial charge < -0.3 is 15.6 Å². The van der Waals surface area contributed by atoms with Crippen molar-refractivity contribution >= 4 is 6.09 Å². The number of benzene rings is 2. The summed E-state index contributed by atoms with van der Waals surface area (Å²) in [6.45, 7) is 5.87. The lowest BCUT2D eigenvalue weighted by Crippen LogP contribution is -2.52. The molecule has 0 aliphatic rings. The molecule has 0 aliphatic carbocycles. The Kier molecular flexibility index (Phi) is 7.99. The van der Waals surface area contributed by atoms with Crippen LogP contribution in [0.2, 0.25) is 0 Å². The second kappa shape index (κ2) is 10.2. The van der Waals surface area contributed by atoms with Crippen molar-refractivity contribution in [2.45, 2.75) is 51.5 Å². The molecule has 2 aromatic carbocycles. The average molecular weight is 386 g/mol. The highest BCUT2D eigenvalue weighted by Crippen LogP contribution is 2.11. The third-order valence-corrected chi connectivity index (χ3v) is 4.11. The van der Waals surface area contributed by atoms with Gasteiger partial charge in [-0.1, -0.05) is 60.7 Å². The van der Waals surface area contributed by atoms with Crippen molar-refractivity contribution in [3.8, 4) is 0 Å². The first-order valence-electron chi connectivity index (χ1n) is 9.50. The zero-order valence-corrected chi connectivity index (χ0v) is 16.8. The molecule has 1 amide bonds. The molecule has 6 heteroatoms. The number of carbonyl (C=O) groups is 1. The number of aliphatic hydroxyl groups excluding tert-OH is 1. The van der Waals surface area contributed by atoms with Crippen LogP contribution in [0, 0.1) is 0 Å². The van der Waals surface area contributed by atoms with Crippen molar-refractivity contribution in [2.75, 3.05) is 6.54 Å². The molecule has 0 bridgehead atoms. The maximum Gasteiger partial charge on any atom is 0.424 e. The van der Waals surface area contributed by atoms with Crippen LogP contribution in [-0.4, -0.2) is 40.5 Å². The number of hydrogen-bond acceptors (Lipinski definition) is 5. The summed E-state index contributed by atoms with van der Waals surface area (Å²) >= 11 is 0. The molecule has 0 aromatic heterocycles. The van der Waals surface area contributed by atoms with E-state index in [4.69, 9.17) is 10.5 Å². The van der Waals surface area contributed by atoms with Gasteiger partial charge in [0.05, 0.1) is 12.6 Å². The summed E-state index contributed by atoms with van der Waals surface area (Å²) in [6, 6.07) is 18.9. The lowest BCUT2D eigenvalue weighted by molar-refractivity contribution is -0.00265. The molecule has 28 heavy (non-hydrogen) atoms. The summed E-state index contributed by atoms with van der Waals surface area (Å²) in [6.07, 6.45) is -0.937. The molecule has 0 saturated carbocycles. The number of nitrogens with zero attached hydrogens (tertiary/aromatic N) is 1. The Morgan fingerprint density at radius 1 is 1.07 bits per heavy atom. The van der Waals surface area contributed by atoms with Gasteiger partial charge in [0.2, 0.25) is 0 Å². The molecule has 2 rings (SSSR count). The molecule has 0 spiro atoms. The van der Waals surface area contributed by atoms with Gasteiger partial charge in [-0.3, -0.25) is 0 Å². The Bertz CT molecular complexity index is 717. The number of hydrogen-bond donors (Lipinski definition) is 3. The molecule has 152 valence electrons. The third-order valence-electron chi connectivity index (χ3n) is 4.11. The van der Waals surface area contributed by atoms with Crippen LogP contribution in [-0.2, 0) is 17.7 Å². The highest BCUT2D eigenvalue weighted by molar-refractivity contribution is 5.67. The van der Waals surface area contributed by atoms with E-state index >= 15 is 0 Å². The van der Waals surface area contributed by atoms with Gasteiger partial charge in [-0.2, -0.15) is 0 Å². The molecule has 6 nitrogen and oxygen atoms in total. The fourth-order valence-electron chi connectivity index (χ4n) is 2.65. The molecule has 2 aromatic rings. The van der Waals surface area contributed by atoms with Crippen molar-refractivity contribution in [2.24, 2.45) is 5.73 Å². The van der Waals surface area contributed by atoms with Crippen LogP contribution in [0.4, 0.5) is 4.79 Å². The molecular formula is C22H31N3O3. The van der Waals surface area contributed by atoms with Crippen molar-refractivity contribution in [1.29, 1.82) is 0 Å². The van der Waals surface area contributed by atoms with E-state index in [2.05, 4.69) is 5.43 Å². The van der Waals surface area contributed by atoms with Crippen LogP contribution in [0.25, 0.3) is 0 Å². The van der Waals surface area contributed by atoms with E-state index in [0.29, 0.717) is 13.0 Å². The third kappa shape index (κ3) is 7.68. The van der Waals surface area contributed by atoms with Crippen LogP contribution in [0.15, 0.2) is 60.7 Å². The minimum Gasteiger partial charge on any atom is -0.443 e.